The molecule has 5 rings (SSSR count). The van der Waals surface area contributed by atoms with Crippen LogP contribution in [0.1, 0.15) is 27.7 Å². The van der Waals surface area contributed by atoms with Crippen LogP contribution in [0.3, 0.4) is 0 Å². The molecule has 1 unspecified atom stereocenters. The zero-order valence-electron chi connectivity index (χ0n) is 14.9. The molecule has 3 heterocycles. The number of aromatic nitrogens is 1. The van der Waals surface area contributed by atoms with Gasteiger partial charge in [-0.2, -0.15) is 0 Å². The van der Waals surface area contributed by atoms with Gasteiger partial charge in [-0.3, -0.25) is 0 Å². The van der Waals surface area contributed by atoms with Crippen LogP contribution in [-0.4, -0.2) is 23.5 Å². The van der Waals surface area contributed by atoms with E-state index in [2.05, 4.69) is 60.3 Å². The number of likely N-dealkylation sites (N-methyl/N-ethyl adjacent to an activating group) is 1. The highest BCUT2D eigenvalue weighted by Crippen LogP contribution is 2.37. The number of benzene rings is 2. The first-order chi connectivity index (χ1) is 12.7. The lowest BCUT2D eigenvalue weighted by Gasteiger charge is -2.31. The van der Waals surface area contributed by atoms with Gasteiger partial charge in [-0.1, -0.05) is 30.3 Å². The van der Waals surface area contributed by atoms with E-state index >= 15 is 0 Å². The van der Waals surface area contributed by atoms with Gasteiger partial charge in [-0.05, 0) is 43.3 Å². The summed E-state index contributed by atoms with van der Waals surface area (Å²) in [7, 11) is 2.18. The molecule has 1 aliphatic rings. The maximum atomic E-state index is 6.19. The van der Waals surface area contributed by atoms with E-state index in [1.165, 1.54) is 27.0 Å². The summed E-state index contributed by atoms with van der Waals surface area (Å²) in [5.74, 6) is 1.32. The molecule has 4 heteroatoms. The Morgan fingerprint density at radius 1 is 1.15 bits per heavy atom. The van der Waals surface area contributed by atoms with Gasteiger partial charge in [0.15, 0.2) is 0 Å². The van der Waals surface area contributed by atoms with Crippen molar-refractivity contribution in [2.75, 3.05) is 13.6 Å². The molecule has 26 heavy (non-hydrogen) atoms. The van der Waals surface area contributed by atoms with E-state index in [-0.39, 0.29) is 5.92 Å². The van der Waals surface area contributed by atoms with Crippen LogP contribution in [0.15, 0.2) is 59.1 Å². The predicted molar refractivity (Wildman–Crippen MR) is 107 cm³/mol. The Balaban J connectivity index is 1.59. The van der Waals surface area contributed by atoms with Crippen molar-refractivity contribution in [3.63, 3.8) is 0 Å². The van der Waals surface area contributed by atoms with Crippen LogP contribution in [-0.2, 0) is 6.54 Å². The molecule has 1 atom stereocenters. The maximum Gasteiger partial charge on any atom is 0.134 e. The molecule has 0 N–H and O–H groups in total. The summed E-state index contributed by atoms with van der Waals surface area (Å²) >= 11 is 1.75. The largest absolute Gasteiger partial charge is 0.460 e. The molecular weight excluding hydrogens is 340 g/mol. The Bertz CT molecular complexity index is 1060. The van der Waals surface area contributed by atoms with Gasteiger partial charge in [0.25, 0.3) is 0 Å². The second kappa shape index (κ2) is 6.08. The van der Waals surface area contributed by atoms with E-state index in [0.29, 0.717) is 0 Å². The third-order valence-electron chi connectivity index (χ3n) is 5.11. The highest BCUT2D eigenvalue weighted by atomic mass is 32.1. The van der Waals surface area contributed by atoms with Crippen molar-refractivity contribution >= 4 is 22.3 Å². The Labute approximate surface area is 156 Å². The number of nitrogens with zero attached hydrogens (tertiary/aromatic N) is 2. The molecule has 0 radical (unpaired) electrons. The molecule has 0 fully saturated rings. The van der Waals surface area contributed by atoms with Gasteiger partial charge in [0.05, 0.1) is 5.92 Å². The van der Waals surface area contributed by atoms with Crippen LogP contribution in [0.4, 0.5) is 0 Å². The van der Waals surface area contributed by atoms with Crippen molar-refractivity contribution in [1.82, 2.24) is 9.88 Å². The van der Waals surface area contributed by atoms with Crippen LogP contribution in [0.2, 0.25) is 0 Å². The summed E-state index contributed by atoms with van der Waals surface area (Å²) in [6, 6.07) is 17.2. The fourth-order valence-electron chi connectivity index (χ4n) is 3.89. The molecule has 0 amide bonds. The van der Waals surface area contributed by atoms with Gasteiger partial charge in [-0.15, -0.1) is 11.3 Å². The third kappa shape index (κ3) is 2.66. The molecule has 2 aromatic carbocycles. The van der Waals surface area contributed by atoms with Crippen LogP contribution in [0.25, 0.3) is 21.5 Å². The molecule has 0 aliphatic carbocycles. The first-order valence-corrected chi connectivity index (χ1v) is 9.72. The minimum Gasteiger partial charge on any atom is -0.460 e. The van der Waals surface area contributed by atoms with Crippen molar-refractivity contribution < 1.29 is 4.42 Å². The van der Waals surface area contributed by atoms with Gasteiger partial charge >= 0.3 is 0 Å². The third-order valence-corrected chi connectivity index (χ3v) is 6.07. The van der Waals surface area contributed by atoms with Crippen LogP contribution in [0.5, 0.6) is 0 Å². The van der Waals surface area contributed by atoms with Gasteiger partial charge in [0.1, 0.15) is 16.4 Å². The van der Waals surface area contributed by atoms with Crippen LogP contribution >= 0.6 is 11.3 Å². The first kappa shape index (κ1) is 15.8. The zero-order chi connectivity index (χ0) is 17.7. The lowest BCUT2D eigenvalue weighted by molar-refractivity contribution is 0.282. The Morgan fingerprint density at radius 2 is 2.04 bits per heavy atom. The summed E-state index contributed by atoms with van der Waals surface area (Å²) in [5.41, 5.74) is 4.92. The van der Waals surface area contributed by atoms with Crippen LogP contribution < -0.4 is 0 Å². The molecule has 130 valence electrons. The molecule has 0 bridgehead atoms. The number of furan rings is 1. The Hall–Kier alpha value is -2.43. The molecule has 1 aliphatic heterocycles. The quantitative estimate of drug-likeness (QED) is 0.476. The average Bonchev–Trinajstić information content (AvgIpc) is 3.26. The minimum atomic E-state index is 0.267. The topological polar surface area (TPSA) is 29.3 Å². The summed E-state index contributed by atoms with van der Waals surface area (Å²) in [6.07, 6.45) is 1.95. The van der Waals surface area contributed by atoms with Gasteiger partial charge in [0, 0.05) is 35.1 Å². The molecule has 0 spiro atoms. The van der Waals surface area contributed by atoms with E-state index in [1.54, 1.807) is 11.3 Å². The van der Waals surface area contributed by atoms with E-state index in [9.17, 15) is 0 Å². The van der Waals surface area contributed by atoms with E-state index in [0.717, 1.165) is 29.4 Å². The van der Waals surface area contributed by atoms with Crippen LogP contribution in [0, 0.1) is 6.92 Å². The minimum absolute atomic E-state index is 0.267. The van der Waals surface area contributed by atoms with E-state index in [4.69, 9.17) is 4.42 Å². The number of rotatable bonds is 2. The maximum absolute atomic E-state index is 6.19. The van der Waals surface area contributed by atoms with Crippen molar-refractivity contribution in [1.29, 1.82) is 0 Å². The molecule has 4 aromatic rings. The predicted octanol–water partition coefficient (Wildman–Crippen LogP) is 5.44. The number of fused-ring (bicyclic) bond motifs is 2. The second-order valence-electron chi connectivity index (χ2n) is 7.13. The number of hydrogen-bond acceptors (Lipinski definition) is 4. The molecule has 0 saturated carbocycles. The average molecular weight is 360 g/mol. The smallest absolute Gasteiger partial charge is 0.134 e. The number of hydrogen-bond donors (Lipinski definition) is 0. The summed E-state index contributed by atoms with van der Waals surface area (Å²) in [5, 5.41) is 2.27. The fourth-order valence-corrected chi connectivity index (χ4v) is 4.65. The van der Waals surface area contributed by atoms with Gasteiger partial charge in [0.2, 0.25) is 0 Å². The van der Waals surface area contributed by atoms with E-state index in [1.807, 2.05) is 18.3 Å². The lowest BCUT2D eigenvalue weighted by Crippen LogP contribution is -2.30. The Kier molecular flexibility index (Phi) is 3.69. The number of para-hydroxylation sites is 1. The number of thiazole rings is 1. The highest BCUT2D eigenvalue weighted by Gasteiger charge is 2.27. The number of aryl methyl sites for hydroxylation is 1. The Morgan fingerprint density at radius 3 is 2.85 bits per heavy atom. The second-order valence-corrected chi connectivity index (χ2v) is 8.36. The van der Waals surface area contributed by atoms with Crippen molar-refractivity contribution in [2.45, 2.75) is 19.4 Å². The lowest BCUT2D eigenvalue weighted by atomic mass is 9.87. The van der Waals surface area contributed by atoms with Crippen molar-refractivity contribution in [3.8, 4) is 10.6 Å². The summed E-state index contributed by atoms with van der Waals surface area (Å²) in [6.45, 7) is 4.04. The van der Waals surface area contributed by atoms with Gasteiger partial charge < -0.3 is 9.32 Å². The molecule has 2 aromatic heterocycles. The standard InChI is InChI=1S/C22H20N2OS/c1-14-11-23-22(26-14)16-7-8-18-17(9-16)12-24(2)13-19(18)21-10-15-5-3-4-6-20(15)25-21/h3-11,19H,12-13H2,1-2H3. The SMILES string of the molecule is Cc1cnc(-c2ccc3c(c2)CN(C)CC3c2cc3ccccc3o2)s1. The first-order valence-electron chi connectivity index (χ1n) is 8.90. The summed E-state index contributed by atoms with van der Waals surface area (Å²) < 4.78 is 6.19. The van der Waals surface area contributed by atoms with E-state index < -0.39 is 0 Å². The van der Waals surface area contributed by atoms with Crippen molar-refractivity contribution in [2.24, 2.45) is 0 Å². The monoisotopic (exact) mass is 360 g/mol. The highest BCUT2D eigenvalue weighted by molar-refractivity contribution is 7.14. The van der Waals surface area contributed by atoms with Crippen molar-refractivity contribution in [3.05, 3.63) is 76.5 Å². The molecular formula is C22H20N2OS. The normalized spacial score (nSPS) is 17.5. The molecule has 3 nitrogen and oxygen atoms in total. The zero-order valence-corrected chi connectivity index (χ0v) is 15.7. The summed E-state index contributed by atoms with van der Waals surface area (Å²) in [4.78, 5) is 8.16. The molecule has 0 saturated heterocycles. The van der Waals surface area contributed by atoms with Gasteiger partial charge in [-0.25, -0.2) is 4.98 Å². The fraction of sp³-hybridized carbons (Fsp3) is 0.227.